The van der Waals surface area contributed by atoms with Gasteiger partial charge in [-0.3, -0.25) is 37.9 Å². The molecule has 12 aliphatic carbocycles. The summed E-state index contributed by atoms with van der Waals surface area (Å²) in [7, 11) is -10.7. The monoisotopic (exact) mass is 2060 g/mol. The number of carbonyl (C=O) groups excluding carboxylic acids is 7. The van der Waals surface area contributed by atoms with Gasteiger partial charge in [0.25, 0.3) is 0 Å². The van der Waals surface area contributed by atoms with E-state index in [2.05, 4.69) is 205 Å². The van der Waals surface area contributed by atoms with Gasteiger partial charge in [0.05, 0.1) is 70.7 Å². The van der Waals surface area contributed by atoms with E-state index < -0.39 is 96.2 Å². The van der Waals surface area contributed by atoms with Crippen LogP contribution >= 0.6 is 23.2 Å². The van der Waals surface area contributed by atoms with E-state index in [1.54, 1.807) is 0 Å². The molecule has 0 amide bonds. The molecule has 12 bridgehead atoms. The van der Waals surface area contributed by atoms with Gasteiger partial charge >= 0.3 is 60.6 Å². The first-order valence-corrected chi connectivity index (χ1v) is 51.2. The maximum atomic E-state index is 13.0. The van der Waals surface area contributed by atoms with Crippen LogP contribution in [-0.4, -0.2) is 212 Å². The number of esters is 4. The van der Waals surface area contributed by atoms with Crippen molar-refractivity contribution in [3.8, 4) is 0 Å². The zero-order valence-corrected chi connectivity index (χ0v) is 84.1. The molecular formula is C98H134Cl2F4O27S4Ti+2. The topological polar surface area (TPSA) is 476 Å². The molecule has 12 saturated carbocycles. The standard InChI is InChI=1S/2C18H15S.C17H22F2O9S.C15H21ClO4.C11H18O2.C5H7ClO3.3C3H8O.C3H8.C2H2F2O5S.H2O.Ti/c2*1-4-10-16(11-5-1)19(17-12-6-2-7-13-17)18-14-8-3-9-15-18;18-17(19,29(24,25)26)14(22)27-7-12(20)2-13(21)28-9-15-3-10-1-11(4-15)6-16(23,5-10)8-15;16-7-12(17)2-13(18)20-9-14-3-10-1-11(4-14)6-15(19,5-10)8-14;12-7-10-2-8-1-9(3-10)5-11(13,4-8)6-10;1-9-5(8)2-4(7)3-6;3*1-2-3-4;1-3-2;3-2(4,1(5)6)10(7,8)9;;/h2*1-15H;10-11,23H,1-9H2,(H,24,25,26);10-11,19H,1-9H2;8-9,12-13H,1-7H2;2-3H2,1H3;3*4H,2-3H2,1H3;3H2,1-2H3;(H,5,6)(H,7,8,9);1H2;/q2*+1;;;;;;;;;;;. The van der Waals surface area contributed by atoms with Gasteiger partial charge in [-0.05, 0) is 249 Å². The summed E-state index contributed by atoms with van der Waals surface area (Å²) in [5.74, 6) is -6.14. The number of methoxy groups -OCH3 is 1. The van der Waals surface area contributed by atoms with E-state index in [4.69, 9.17) is 62.2 Å². The molecule has 12 fully saturated rings. The van der Waals surface area contributed by atoms with E-state index in [-0.39, 0.29) is 108 Å². The Balaban J connectivity index is 0.000000406. The maximum absolute atomic E-state index is 13.0. The number of ketones is 3. The fourth-order valence-corrected chi connectivity index (χ4v) is 24.5. The molecule has 756 valence electrons. The molecule has 0 radical (unpaired) electrons. The molecule has 0 heterocycles. The van der Waals surface area contributed by atoms with Gasteiger partial charge in [0, 0.05) is 59.0 Å². The van der Waals surface area contributed by atoms with Crippen LogP contribution in [0.15, 0.2) is 211 Å². The van der Waals surface area contributed by atoms with E-state index in [9.17, 15) is 93.2 Å². The maximum Gasteiger partial charge on any atom is 0.465 e. The second kappa shape index (κ2) is 59.0. The summed E-state index contributed by atoms with van der Waals surface area (Å²) in [5, 5.41) is 61.8. The SMILES string of the molecule is CCC.CCCO.CCCO.CCCO.COC(=O)CC(=O)CCl.O.O=C(CCl)CC(=O)OCC12CC3CC(CC(O)(C3)C1)C2.O=C(COC(=O)C(F)(F)S(=O)(=O)O)CC(=O)OCC12CC3CC(CC(O)(C3)C1)C2.O=C(O)C(F)(F)S(=O)(=O)O.OCC12CC3CC(CC(O)(C3)C1)C2.[Ti].c1ccc([S+](c2ccccc2)c2ccccc2)cc1.c1ccc([S+](c2ccccc2)c2ccccc2)cc1. The number of carbonyl (C=O) groups is 8. The van der Waals surface area contributed by atoms with Gasteiger partial charge in [-0.2, -0.15) is 34.4 Å². The van der Waals surface area contributed by atoms with Crippen molar-refractivity contribution in [3.05, 3.63) is 182 Å². The molecule has 6 atom stereocenters. The first-order valence-electron chi connectivity index (χ1n) is 44.8. The number of benzene rings is 6. The van der Waals surface area contributed by atoms with Gasteiger partial charge in [0.15, 0.2) is 53.3 Å². The summed E-state index contributed by atoms with van der Waals surface area (Å²) < 4.78 is 124. The molecule has 0 spiro atoms. The van der Waals surface area contributed by atoms with E-state index in [1.165, 1.54) is 68.6 Å². The first-order chi connectivity index (χ1) is 63.2. The predicted octanol–water partition coefficient (Wildman–Crippen LogP) is 15.4. The molecule has 0 aliphatic heterocycles. The quantitative estimate of drug-likeness (QED) is 0.00319. The summed E-state index contributed by atoms with van der Waals surface area (Å²) >= 11 is 10.5. The fraction of sp³-hybridized carbons (Fsp3) is 0.551. The molecule has 12 N–H and O–H groups in total. The molecule has 12 aliphatic rings. The molecule has 38 heteroatoms. The molecule has 136 heavy (non-hydrogen) atoms. The van der Waals surface area contributed by atoms with Crippen LogP contribution < -0.4 is 0 Å². The largest absolute Gasteiger partial charge is 0.476 e. The van der Waals surface area contributed by atoms with Crippen LogP contribution in [0.25, 0.3) is 0 Å². The third-order valence-electron chi connectivity index (χ3n) is 23.5. The van der Waals surface area contributed by atoms with Crippen LogP contribution in [-0.2, 0) is 121 Å². The molecule has 6 aromatic rings. The third-order valence-corrected chi connectivity index (χ3v) is 30.2. The molecule has 0 saturated heterocycles. The van der Waals surface area contributed by atoms with E-state index in [1.807, 2.05) is 20.8 Å². The van der Waals surface area contributed by atoms with Gasteiger partial charge < -0.3 is 65.3 Å². The van der Waals surface area contributed by atoms with Crippen molar-refractivity contribution >= 4 is 112 Å². The van der Waals surface area contributed by atoms with Crippen molar-refractivity contribution < 1.29 is 169 Å². The van der Waals surface area contributed by atoms with Gasteiger partial charge in [0.1, 0.15) is 19.3 Å². The summed E-state index contributed by atoms with van der Waals surface area (Å²) in [6.45, 7) is 10.4. The number of halogens is 6. The van der Waals surface area contributed by atoms with Gasteiger partial charge in [-0.15, -0.1) is 23.2 Å². The fourth-order valence-electron chi connectivity index (χ4n) is 19.6. The Bertz CT molecular complexity index is 4460. The number of carboxylic acid groups (broad SMARTS) is 1. The van der Waals surface area contributed by atoms with Crippen LogP contribution in [0.4, 0.5) is 17.6 Å². The number of alkyl halides is 6. The molecule has 18 rings (SSSR count). The number of aliphatic hydroxyl groups is 7. The Labute approximate surface area is 826 Å². The normalized spacial score (nSPS) is 24.1. The predicted molar refractivity (Wildman–Crippen MR) is 504 cm³/mol. The molecule has 6 aromatic carbocycles. The molecular weight excluding hydrogens is 1930 g/mol. The number of ether oxygens (including phenoxy) is 4. The zero-order valence-electron chi connectivity index (χ0n) is 77.7. The van der Waals surface area contributed by atoms with Gasteiger partial charge in [-0.1, -0.05) is 150 Å². The average molecular weight is 2070 g/mol. The van der Waals surface area contributed by atoms with Gasteiger partial charge in [-0.25, -0.2) is 9.59 Å². The number of Topliss-reactive ketones (excluding diaryl/α,β-unsaturated/α-hetero) is 3. The third kappa shape index (κ3) is 39.4. The van der Waals surface area contributed by atoms with Crippen molar-refractivity contribution in [2.75, 3.05) is 65.1 Å². The number of hydrogen-bond donors (Lipinski definition) is 10. The van der Waals surface area contributed by atoms with Gasteiger partial charge in [0.2, 0.25) is 0 Å². The number of aliphatic hydroxyl groups excluding tert-OH is 4. The Morgan fingerprint density at radius 2 is 0.625 bits per heavy atom. The minimum absolute atomic E-state index is 0. The summed E-state index contributed by atoms with van der Waals surface area (Å²) in [5.41, 5.74) is -1.95. The number of rotatable bonds is 28. The first kappa shape index (κ1) is 123. The number of carboxylic acids is 1. The zero-order chi connectivity index (χ0) is 99.8. The second-order valence-electron chi connectivity index (χ2n) is 35.8. The van der Waals surface area contributed by atoms with Crippen LogP contribution in [0.3, 0.4) is 0 Å². The van der Waals surface area contributed by atoms with Crippen LogP contribution in [0, 0.1) is 51.8 Å². The minimum atomic E-state index is -6.04. The van der Waals surface area contributed by atoms with Crippen molar-refractivity contribution in [1.29, 1.82) is 0 Å². The van der Waals surface area contributed by atoms with Crippen LogP contribution in [0.2, 0.25) is 0 Å². The Morgan fingerprint density at radius 1 is 0.397 bits per heavy atom. The summed E-state index contributed by atoms with van der Waals surface area (Å²) in [4.78, 5) is 95.5. The van der Waals surface area contributed by atoms with Crippen molar-refractivity contribution in [2.24, 2.45) is 51.8 Å². The minimum Gasteiger partial charge on any atom is -0.476 e. The van der Waals surface area contributed by atoms with Crippen LogP contribution in [0.5, 0.6) is 0 Å². The summed E-state index contributed by atoms with van der Waals surface area (Å²) in [6, 6.07) is 64.3. The van der Waals surface area contributed by atoms with Crippen molar-refractivity contribution in [2.45, 2.75) is 252 Å². The van der Waals surface area contributed by atoms with E-state index in [0.717, 1.165) is 103 Å². The van der Waals surface area contributed by atoms with Crippen molar-refractivity contribution in [3.63, 3.8) is 0 Å². The average Bonchev–Trinajstić information content (AvgIpc) is 0.736. The Hall–Kier alpha value is -7.11. The Morgan fingerprint density at radius 3 is 0.824 bits per heavy atom. The van der Waals surface area contributed by atoms with Crippen molar-refractivity contribution in [1.82, 2.24) is 0 Å². The summed E-state index contributed by atoms with van der Waals surface area (Å²) in [6.07, 6.45) is 19.7. The van der Waals surface area contributed by atoms with Crippen LogP contribution in [0.1, 0.15) is 195 Å². The number of aliphatic carboxylic acids is 1. The second-order valence-corrected chi connectivity index (χ2v) is 43.3. The molecule has 0 aromatic heterocycles. The van der Waals surface area contributed by atoms with E-state index >= 15 is 0 Å². The number of hydrogen-bond acceptors (Lipinski definition) is 23. The Kier molecular flexibility index (Phi) is 53.3. The molecule has 6 unspecified atom stereocenters. The van der Waals surface area contributed by atoms with E-state index in [0.29, 0.717) is 75.0 Å². The smallest absolute Gasteiger partial charge is 0.465 e. The molecule has 27 nitrogen and oxygen atoms in total.